The van der Waals surface area contributed by atoms with Gasteiger partial charge in [-0.3, -0.25) is 0 Å². The zero-order valence-corrected chi connectivity index (χ0v) is 25.4. The monoisotopic (exact) mass is 573 g/mol. The van der Waals surface area contributed by atoms with Crippen molar-refractivity contribution in [2.24, 2.45) is 0 Å². The van der Waals surface area contributed by atoms with Crippen molar-refractivity contribution >= 4 is 54.1 Å². The number of hydrogen-bond donors (Lipinski definition) is 0. The molecule has 1 heteroatoms. The highest BCUT2D eigenvalue weighted by molar-refractivity contribution is 6.26. The van der Waals surface area contributed by atoms with E-state index in [1.54, 1.807) is 0 Å². The molecule has 9 aromatic rings. The molecule has 0 radical (unpaired) electrons. The fourth-order valence-electron chi connectivity index (χ4n) is 7.45. The first-order valence-corrected chi connectivity index (χ1v) is 15.7. The lowest BCUT2D eigenvalue weighted by molar-refractivity contribution is 1.18. The van der Waals surface area contributed by atoms with Crippen LogP contribution in [-0.4, -0.2) is 4.57 Å². The molecule has 0 aliphatic heterocycles. The summed E-state index contributed by atoms with van der Waals surface area (Å²) in [5, 5.41) is 10.4. The first-order chi connectivity index (χ1) is 22.2. The molecule has 0 N–H and O–H groups in total. The van der Waals surface area contributed by atoms with Crippen molar-refractivity contribution in [1.29, 1.82) is 0 Å². The molecule has 9 rings (SSSR count). The van der Waals surface area contributed by atoms with E-state index in [-0.39, 0.29) is 0 Å². The summed E-state index contributed by atoms with van der Waals surface area (Å²) < 4.78 is 2.38. The van der Waals surface area contributed by atoms with Gasteiger partial charge in [0.25, 0.3) is 0 Å². The van der Waals surface area contributed by atoms with Gasteiger partial charge < -0.3 is 4.57 Å². The third-order valence-corrected chi connectivity index (χ3v) is 9.64. The quantitative estimate of drug-likeness (QED) is 0.185. The molecule has 0 aliphatic rings. The summed E-state index contributed by atoms with van der Waals surface area (Å²) in [5.41, 5.74) is 11.3. The van der Waals surface area contributed by atoms with Gasteiger partial charge in [0.1, 0.15) is 0 Å². The van der Waals surface area contributed by atoms with Crippen LogP contribution < -0.4 is 0 Å². The summed E-state index contributed by atoms with van der Waals surface area (Å²) in [7, 11) is 0. The zero-order chi connectivity index (χ0) is 30.1. The molecule has 1 heterocycles. The predicted molar refractivity (Wildman–Crippen MR) is 194 cm³/mol. The predicted octanol–water partition coefficient (Wildman–Crippen LogP) is 12.2. The van der Waals surface area contributed by atoms with E-state index < -0.39 is 0 Å². The molecule has 1 nitrogen and oxygen atoms in total. The molecule has 0 saturated heterocycles. The second-order valence-corrected chi connectivity index (χ2v) is 12.3. The van der Waals surface area contributed by atoms with Crippen molar-refractivity contribution in [1.82, 2.24) is 4.57 Å². The molecular formula is C44H31N. The Morgan fingerprint density at radius 2 is 0.844 bits per heavy atom. The van der Waals surface area contributed by atoms with Crippen molar-refractivity contribution < 1.29 is 0 Å². The number of hydrogen-bond acceptors (Lipinski definition) is 0. The Morgan fingerprint density at radius 3 is 1.56 bits per heavy atom. The van der Waals surface area contributed by atoms with E-state index in [0.29, 0.717) is 0 Å². The minimum atomic E-state index is 1.18. The van der Waals surface area contributed by atoms with Crippen LogP contribution in [0.1, 0.15) is 11.1 Å². The van der Waals surface area contributed by atoms with E-state index in [2.05, 4.69) is 170 Å². The molecule has 0 aliphatic carbocycles. The SMILES string of the molecule is Cc1ccc(-c2ccc3c(c2)c2ccccc2n3-c2ccccc2)cc1-c1cc2c3ccccc3c3ccccc3c2cc1C. The summed E-state index contributed by atoms with van der Waals surface area (Å²) in [4.78, 5) is 0. The third-order valence-electron chi connectivity index (χ3n) is 9.64. The molecule has 0 bridgehead atoms. The normalized spacial score (nSPS) is 11.8. The molecule has 0 amide bonds. The van der Waals surface area contributed by atoms with E-state index in [1.165, 1.54) is 93.2 Å². The van der Waals surface area contributed by atoms with Crippen molar-refractivity contribution in [3.8, 4) is 27.9 Å². The van der Waals surface area contributed by atoms with E-state index in [0.717, 1.165) is 0 Å². The van der Waals surface area contributed by atoms with E-state index in [9.17, 15) is 0 Å². The Hall–Kier alpha value is -5.66. The number of rotatable bonds is 3. The van der Waals surface area contributed by atoms with Crippen LogP contribution in [0.5, 0.6) is 0 Å². The zero-order valence-electron chi connectivity index (χ0n) is 25.4. The summed E-state index contributed by atoms with van der Waals surface area (Å²) in [6.45, 7) is 4.49. The van der Waals surface area contributed by atoms with Gasteiger partial charge in [0.2, 0.25) is 0 Å². The number of para-hydroxylation sites is 2. The Labute approximate surface area is 262 Å². The number of nitrogens with zero attached hydrogens (tertiary/aromatic N) is 1. The lowest BCUT2D eigenvalue weighted by Crippen LogP contribution is -1.93. The second-order valence-electron chi connectivity index (χ2n) is 12.3. The number of aryl methyl sites for hydroxylation is 2. The highest BCUT2D eigenvalue weighted by Crippen LogP contribution is 2.41. The highest BCUT2D eigenvalue weighted by Gasteiger charge is 2.16. The first kappa shape index (κ1) is 25.8. The third kappa shape index (κ3) is 3.94. The van der Waals surface area contributed by atoms with E-state index in [4.69, 9.17) is 0 Å². The van der Waals surface area contributed by atoms with E-state index >= 15 is 0 Å². The Balaban J connectivity index is 1.25. The van der Waals surface area contributed by atoms with Gasteiger partial charge in [-0.05, 0) is 122 Å². The summed E-state index contributed by atoms with van der Waals surface area (Å²) in [5.74, 6) is 0. The van der Waals surface area contributed by atoms with Crippen molar-refractivity contribution in [3.05, 3.63) is 163 Å². The number of fused-ring (bicyclic) bond motifs is 9. The van der Waals surface area contributed by atoms with E-state index in [1.807, 2.05) is 0 Å². The lowest BCUT2D eigenvalue weighted by Gasteiger charge is -2.16. The number of aromatic nitrogens is 1. The summed E-state index contributed by atoms with van der Waals surface area (Å²) in [6.07, 6.45) is 0. The van der Waals surface area contributed by atoms with Crippen LogP contribution in [0.2, 0.25) is 0 Å². The molecule has 0 spiro atoms. The maximum absolute atomic E-state index is 2.43. The van der Waals surface area contributed by atoms with Gasteiger partial charge in [-0.2, -0.15) is 0 Å². The topological polar surface area (TPSA) is 4.93 Å². The molecule has 1 aromatic heterocycles. The van der Waals surface area contributed by atoms with Crippen molar-refractivity contribution in [3.63, 3.8) is 0 Å². The highest BCUT2D eigenvalue weighted by atomic mass is 15.0. The van der Waals surface area contributed by atoms with Crippen LogP contribution in [-0.2, 0) is 0 Å². The summed E-state index contributed by atoms with van der Waals surface area (Å²) >= 11 is 0. The van der Waals surface area contributed by atoms with Crippen LogP contribution in [0.25, 0.3) is 82.1 Å². The fraction of sp³-hybridized carbons (Fsp3) is 0.0455. The van der Waals surface area contributed by atoms with Crippen molar-refractivity contribution in [2.75, 3.05) is 0 Å². The van der Waals surface area contributed by atoms with Gasteiger partial charge in [0, 0.05) is 16.5 Å². The minimum Gasteiger partial charge on any atom is -0.309 e. The molecule has 212 valence electrons. The Bertz CT molecular complexity index is 2600. The van der Waals surface area contributed by atoms with Crippen molar-refractivity contribution in [2.45, 2.75) is 13.8 Å². The van der Waals surface area contributed by atoms with Gasteiger partial charge in [-0.15, -0.1) is 0 Å². The Morgan fingerprint density at radius 1 is 0.333 bits per heavy atom. The largest absolute Gasteiger partial charge is 0.309 e. The maximum atomic E-state index is 2.43. The average molecular weight is 574 g/mol. The standard InChI is InChI=1S/C44H31N/c1-28-20-21-30(31-22-23-44-42(26-31)37-18-10-11-19-43(37)45(44)32-12-4-3-5-13-32)25-38(28)39-27-41-36-17-9-7-15-34(36)33-14-6-8-16-35(33)40(41)24-29(39)2/h3-27H,1-2H3. The van der Waals surface area contributed by atoms with Gasteiger partial charge in [0.05, 0.1) is 11.0 Å². The molecule has 8 aromatic carbocycles. The van der Waals surface area contributed by atoms with Crippen LogP contribution >= 0.6 is 0 Å². The van der Waals surface area contributed by atoms with Crippen LogP contribution in [0, 0.1) is 13.8 Å². The minimum absolute atomic E-state index is 1.18. The number of benzene rings is 8. The Kier molecular flexibility index (Phi) is 5.70. The first-order valence-electron chi connectivity index (χ1n) is 15.7. The molecular weight excluding hydrogens is 542 g/mol. The molecule has 0 unspecified atom stereocenters. The van der Waals surface area contributed by atoms with Crippen LogP contribution in [0.4, 0.5) is 0 Å². The molecule has 0 saturated carbocycles. The van der Waals surface area contributed by atoms with Crippen LogP contribution in [0.3, 0.4) is 0 Å². The maximum Gasteiger partial charge on any atom is 0.0541 e. The smallest absolute Gasteiger partial charge is 0.0541 e. The fourth-order valence-corrected chi connectivity index (χ4v) is 7.45. The van der Waals surface area contributed by atoms with Crippen LogP contribution in [0.15, 0.2) is 152 Å². The molecule has 0 fully saturated rings. The molecule has 45 heavy (non-hydrogen) atoms. The molecule has 0 atom stereocenters. The summed E-state index contributed by atoms with van der Waals surface area (Å²) in [6, 6.07) is 55.8. The lowest BCUT2D eigenvalue weighted by atomic mass is 9.87. The second kappa shape index (κ2) is 9.94. The van der Waals surface area contributed by atoms with Gasteiger partial charge in [-0.25, -0.2) is 0 Å². The average Bonchev–Trinajstić information content (AvgIpc) is 3.43. The van der Waals surface area contributed by atoms with Gasteiger partial charge >= 0.3 is 0 Å². The van der Waals surface area contributed by atoms with Gasteiger partial charge in [0.15, 0.2) is 0 Å². The van der Waals surface area contributed by atoms with Gasteiger partial charge in [-0.1, -0.05) is 109 Å².